The van der Waals surface area contributed by atoms with Crippen LogP contribution in [0.5, 0.6) is 0 Å². The zero-order valence-electron chi connectivity index (χ0n) is 10.7. The first-order chi connectivity index (χ1) is 9.49. The normalized spacial score (nSPS) is 10.2. The van der Waals surface area contributed by atoms with Gasteiger partial charge in [-0.25, -0.2) is 0 Å². The number of amides is 1. The number of carbonyl (C=O) groups is 1. The van der Waals surface area contributed by atoms with Crippen molar-refractivity contribution in [2.75, 3.05) is 0 Å². The molecule has 0 radical (unpaired) electrons. The smallest absolute Gasteiger partial charge is 0.283 e. The van der Waals surface area contributed by atoms with Crippen LogP contribution in [-0.4, -0.2) is 10.8 Å². The van der Waals surface area contributed by atoms with Gasteiger partial charge in [0.25, 0.3) is 5.69 Å². The zero-order valence-corrected chi connectivity index (χ0v) is 11.5. The quantitative estimate of drug-likeness (QED) is 0.691. The van der Waals surface area contributed by atoms with Gasteiger partial charge >= 0.3 is 0 Å². The third kappa shape index (κ3) is 2.97. The van der Waals surface area contributed by atoms with Crippen molar-refractivity contribution in [2.24, 2.45) is 5.73 Å². The molecule has 0 heterocycles. The van der Waals surface area contributed by atoms with E-state index in [1.807, 2.05) is 0 Å². The molecule has 0 aliphatic rings. The maximum atomic E-state index is 11.4. The average Bonchev–Trinajstić information content (AvgIpc) is 2.41. The number of carbonyl (C=O) groups excluding carboxylic acids is 1. The van der Waals surface area contributed by atoms with E-state index in [0.717, 1.165) is 17.3 Å². The summed E-state index contributed by atoms with van der Waals surface area (Å²) in [5, 5.41) is 11.1. The van der Waals surface area contributed by atoms with E-state index in [4.69, 9.17) is 5.73 Å². The van der Waals surface area contributed by atoms with Gasteiger partial charge in [0.15, 0.2) is 0 Å². The van der Waals surface area contributed by atoms with Crippen molar-refractivity contribution in [3.63, 3.8) is 0 Å². The second kappa shape index (κ2) is 5.75. The predicted octanol–water partition coefficient (Wildman–Crippen LogP) is 3.15. The SMILES string of the molecule is Cc1ccc(Sc2ccccc2C(N)=O)c([N+](=O)[O-])c1. The number of benzene rings is 2. The molecule has 0 aliphatic carbocycles. The molecule has 2 N–H and O–H groups in total. The molecule has 0 spiro atoms. The van der Waals surface area contributed by atoms with E-state index in [2.05, 4.69) is 0 Å². The van der Waals surface area contributed by atoms with Gasteiger partial charge in [0, 0.05) is 11.0 Å². The third-order valence-corrected chi connectivity index (χ3v) is 3.82. The van der Waals surface area contributed by atoms with Crippen LogP contribution < -0.4 is 5.73 Å². The van der Waals surface area contributed by atoms with Crippen LogP contribution in [0, 0.1) is 17.0 Å². The van der Waals surface area contributed by atoms with Gasteiger partial charge in [-0.1, -0.05) is 30.0 Å². The van der Waals surface area contributed by atoms with Gasteiger partial charge in [-0.3, -0.25) is 14.9 Å². The van der Waals surface area contributed by atoms with E-state index >= 15 is 0 Å². The molecule has 0 saturated heterocycles. The summed E-state index contributed by atoms with van der Waals surface area (Å²) in [7, 11) is 0. The number of hydrogen-bond acceptors (Lipinski definition) is 4. The number of nitrogens with two attached hydrogens (primary N) is 1. The first-order valence-corrected chi connectivity index (χ1v) is 6.62. The first-order valence-electron chi connectivity index (χ1n) is 5.81. The number of aryl methyl sites for hydroxylation is 1. The van der Waals surface area contributed by atoms with Crippen LogP contribution in [0.25, 0.3) is 0 Å². The second-order valence-electron chi connectivity index (χ2n) is 4.19. The second-order valence-corrected chi connectivity index (χ2v) is 5.27. The minimum Gasteiger partial charge on any atom is -0.366 e. The predicted molar refractivity (Wildman–Crippen MR) is 76.9 cm³/mol. The summed E-state index contributed by atoms with van der Waals surface area (Å²) in [6.45, 7) is 1.79. The largest absolute Gasteiger partial charge is 0.366 e. The molecule has 20 heavy (non-hydrogen) atoms. The molecular weight excluding hydrogens is 276 g/mol. The zero-order chi connectivity index (χ0) is 14.7. The summed E-state index contributed by atoms with van der Waals surface area (Å²) in [6, 6.07) is 11.8. The number of nitro benzene ring substituents is 1. The summed E-state index contributed by atoms with van der Waals surface area (Å²) < 4.78 is 0. The summed E-state index contributed by atoms with van der Waals surface area (Å²) in [4.78, 5) is 23.1. The van der Waals surface area contributed by atoms with Crippen LogP contribution >= 0.6 is 11.8 Å². The minimum absolute atomic E-state index is 0.0225. The Hall–Kier alpha value is -2.34. The van der Waals surface area contributed by atoms with Crippen LogP contribution in [0.15, 0.2) is 52.3 Å². The minimum atomic E-state index is -0.553. The number of rotatable bonds is 4. The van der Waals surface area contributed by atoms with Crippen molar-refractivity contribution in [3.05, 3.63) is 63.7 Å². The van der Waals surface area contributed by atoms with Crippen LogP contribution in [0.2, 0.25) is 0 Å². The van der Waals surface area contributed by atoms with Crippen molar-refractivity contribution in [2.45, 2.75) is 16.7 Å². The van der Waals surface area contributed by atoms with E-state index in [9.17, 15) is 14.9 Å². The highest BCUT2D eigenvalue weighted by Gasteiger charge is 2.17. The lowest BCUT2D eigenvalue weighted by Crippen LogP contribution is -2.11. The lowest BCUT2D eigenvalue weighted by molar-refractivity contribution is -0.387. The van der Waals surface area contributed by atoms with Crippen LogP contribution in [-0.2, 0) is 0 Å². The van der Waals surface area contributed by atoms with E-state index in [0.29, 0.717) is 15.4 Å². The Morgan fingerprint density at radius 3 is 2.55 bits per heavy atom. The first kappa shape index (κ1) is 14.1. The lowest BCUT2D eigenvalue weighted by Gasteiger charge is -2.07. The molecule has 0 aliphatic heterocycles. The molecule has 0 aromatic heterocycles. The van der Waals surface area contributed by atoms with Gasteiger partial charge in [-0.05, 0) is 30.7 Å². The molecule has 6 heteroatoms. The highest BCUT2D eigenvalue weighted by atomic mass is 32.2. The highest BCUT2D eigenvalue weighted by molar-refractivity contribution is 7.99. The molecule has 2 aromatic rings. The van der Waals surface area contributed by atoms with Gasteiger partial charge < -0.3 is 5.73 Å². The van der Waals surface area contributed by atoms with Crippen molar-refractivity contribution in [3.8, 4) is 0 Å². The van der Waals surface area contributed by atoms with Crippen molar-refractivity contribution >= 4 is 23.4 Å². The Morgan fingerprint density at radius 1 is 1.20 bits per heavy atom. The van der Waals surface area contributed by atoms with E-state index in [1.165, 1.54) is 6.07 Å². The average molecular weight is 288 g/mol. The summed E-state index contributed by atoms with van der Waals surface area (Å²) in [6.07, 6.45) is 0. The van der Waals surface area contributed by atoms with E-state index in [-0.39, 0.29) is 5.69 Å². The molecule has 0 fully saturated rings. The molecule has 0 bridgehead atoms. The summed E-state index contributed by atoms with van der Waals surface area (Å²) >= 11 is 1.16. The maximum Gasteiger partial charge on any atom is 0.283 e. The van der Waals surface area contributed by atoms with Gasteiger partial charge in [-0.2, -0.15) is 0 Å². The fourth-order valence-corrected chi connectivity index (χ4v) is 2.77. The molecule has 5 nitrogen and oxygen atoms in total. The Morgan fingerprint density at radius 2 is 1.90 bits per heavy atom. The molecule has 102 valence electrons. The van der Waals surface area contributed by atoms with Gasteiger partial charge in [0.2, 0.25) is 5.91 Å². The topological polar surface area (TPSA) is 86.2 Å². The number of hydrogen-bond donors (Lipinski definition) is 1. The highest BCUT2D eigenvalue weighted by Crippen LogP contribution is 2.36. The number of nitro groups is 1. The van der Waals surface area contributed by atoms with Crippen LogP contribution in [0.1, 0.15) is 15.9 Å². The third-order valence-electron chi connectivity index (χ3n) is 2.68. The van der Waals surface area contributed by atoms with Gasteiger partial charge in [0.1, 0.15) is 0 Å². The Balaban J connectivity index is 2.45. The molecule has 2 aromatic carbocycles. The van der Waals surface area contributed by atoms with Crippen molar-refractivity contribution < 1.29 is 9.72 Å². The van der Waals surface area contributed by atoms with Crippen molar-refractivity contribution in [1.29, 1.82) is 0 Å². The van der Waals surface area contributed by atoms with Gasteiger partial charge in [0.05, 0.1) is 15.4 Å². The van der Waals surface area contributed by atoms with Gasteiger partial charge in [-0.15, -0.1) is 0 Å². The van der Waals surface area contributed by atoms with Crippen LogP contribution in [0.3, 0.4) is 0 Å². The Bertz CT molecular complexity index is 686. The number of primary amides is 1. The number of nitrogens with zero attached hydrogens (tertiary/aromatic N) is 1. The standard InChI is InChI=1S/C14H12N2O3S/c1-9-6-7-13(11(8-9)16(18)19)20-12-5-3-2-4-10(12)14(15)17/h2-8H,1H3,(H2,15,17). The lowest BCUT2D eigenvalue weighted by atomic mass is 10.2. The summed E-state index contributed by atoms with van der Waals surface area (Å²) in [5.41, 5.74) is 6.49. The molecule has 1 amide bonds. The monoisotopic (exact) mass is 288 g/mol. The van der Waals surface area contributed by atoms with Crippen LogP contribution in [0.4, 0.5) is 5.69 Å². The Labute approximate surface area is 119 Å². The fraction of sp³-hybridized carbons (Fsp3) is 0.0714. The van der Waals surface area contributed by atoms with E-state index < -0.39 is 10.8 Å². The maximum absolute atomic E-state index is 11.4. The molecular formula is C14H12N2O3S. The fourth-order valence-electron chi connectivity index (χ4n) is 1.73. The molecule has 0 saturated carbocycles. The summed E-state index contributed by atoms with van der Waals surface area (Å²) in [5.74, 6) is -0.553. The molecule has 0 unspecified atom stereocenters. The van der Waals surface area contributed by atoms with Crippen molar-refractivity contribution in [1.82, 2.24) is 0 Å². The Kier molecular flexibility index (Phi) is 4.05. The molecule has 0 atom stereocenters. The van der Waals surface area contributed by atoms with E-state index in [1.54, 1.807) is 43.3 Å². The molecule has 2 rings (SSSR count).